The summed E-state index contributed by atoms with van der Waals surface area (Å²) in [6.45, 7) is 1.96. The molecule has 0 aromatic heterocycles. The number of quaternary nitrogens is 1. The predicted molar refractivity (Wildman–Crippen MR) is 71.3 cm³/mol. The first-order valence-corrected chi connectivity index (χ1v) is 8.13. The van der Waals surface area contributed by atoms with Gasteiger partial charge in [0.25, 0.3) is 10.1 Å². The highest BCUT2D eigenvalue weighted by molar-refractivity contribution is 7.85. The summed E-state index contributed by atoms with van der Waals surface area (Å²) in [5, 5.41) is 27.2. The largest absolute Gasteiger partial charge is 0.391 e. The molecule has 0 saturated heterocycles. The maximum absolute atomic E-state index is 10.6. The van der Waals surface area contributed by atoms with Gasteiger partial charge in [-0.05, 0) is 19.3 Å². The Bertz CT molecular complexity index is 302. The minimum Gasteiger partial charge on any atom is -0.391 e. The zero-order valence-corrected chi connectivity index (χ0v) is 12.1. The molecule has 0 bridgehead atoms. The highest BCUT2D eigenvalue weighted by Crippen LogP contribution is 2.10. The molecular weight excluding hydrogens is 274 g/mol. The molecule has 4 N–H and O–H groups in total. The second-order valence-corrected chi connectivity index (χ2v) is 6.33. The molecule has 0 heterocycles. The molecule has 0 aromatic carbocycles. The number of aliphatic hydroxyl groups excluding tert-OH is 3. The molecule has 0 amide bonds. The van der Waals surface area contributed by atoms with Crippen LogP contribution in [0.5, 0.6) is 0 Å². The first-order chi connectivity index (χ1) is 8.89. The molecular formula is C11H26NO6S+. The van der Waals surface area contributed by atoms with Gasteiger partial charge >= 0.3 is 0 Å². The van der Waals surface area contributed by atoms with Crippen molar-refractivity contribution in [2.75, 3.05) is 51.8 Å². The van der Waals surface area contributed by atoms with Crippen LogP contribution in [0.1, 0.15) is 19.3 Å². The second-order valence-electron chi connectivity index (χ2n) is 4.75. The fourth-order valence-electron chi connectivity index (χ4n) is 2.22. The third kappa shape index (κ3) is 9.31. The number of nitrogens with zero attached hydrogens (tertiary/aromatic N) is 1. The van der Waals surface area contributed by atoms with Gasteiger partial charge in [-0.25, -0.2) is 0 Å². The molecule has 0 fully saturated rings. The van der Waals surface area contributed by atoms with Gasteiger partial charge in [-0.2, -0.15) is 8.42 Å². The van der Waals surface area contributed by atoms with Crippen LogP contribution in [0.4, 0.5) is 0 Å². The van der Waals surface area contributed by atoms with E-state index in [-0.39, 0.29) is 25.6 Å². The van der Waals surface area contributed by atoms with E-state index in [1.54, 1.807) is 0 Å². The van der Waals surface area contributed by atoms with Crippen LogP contribution in [-0.2, 0) is 10.1 Å². The Balaban J connectivity index is 4.17. The number of aliphatic hydroxyl groups is 3. The lowest BCUT2D eigenvalue weighted by Gasteiger charge is -2.37. The van der Waals surface area contributed by atoms with Crippen molar-refractivity contribution in [1.82, 2.24) is 0 Å². The predicted octanol–water partition coefficient (Wildman–Crippen LogP) is -1.16. The average molecular weight is 300 g/mol. The Kier molecular flexibility index (Phi) is 9.50. The molecule has 0 spiro atoms. The highest BCUT2D eigenvalue weighted by atomic mass is 32.2. The molecule has 0 aliphatic heterocycles. The Hall–Kier alpha value is -0.250. The molecule has 0 rings (SSSR count). The van der Waals surface area contributed by atoms with Gasteiger partial charge in [-0.15, -0.1) is 0 Å². The Morgan fingerprint density at radius 3 is 1.58 bits per heavy atom. The normalized spacial score (nSPS) is 12.8. The van der Waals surface area contributed by atoms with E-state index in [4.69, 9.17) is 19.9 Å². The van der Waals surface area contributed by atoms with Crippen LogP contribution in [0.15, 0.2) is 0 Å². The van der Waals surface area contributed by atoms with Crippen molar-refractivity contribution in [2.24, 2.45) is 0 Å². The smallest absolute Gasteiger partial charge is 0.264 e. The van der Waals surface area contributed by atoms with Crippen molar-refractivity contribution in [3.05, 3.63) is 0 Å². The van der Waals surface area contributed by atoms with E-state index >= 15 is 0 Å². The fraction of sp³-hybridized carbons (Fsp3) is 1.00. The number of unbranched alkanes of at least 4 members (excludes halogenated alkanes) is 2. The standard InChI is InChI=1S/C11H25NO6S/c13-8-5-12(6-9-14,7-10-15)4-2-1-3-11-19(16,17)18/h13-15H,1-11H2/p+1. The number of rotatable bonds is 12. The van der Waals surface area contributed by atoms with Gasteiger partial charge in [0.05, 0.1) is 32.1 Å². The monoisotopic (exact) mass is 300 g/mol. The third-order valence-corrected chi connectivity index (χ3v) is 4.06. The van der Waals surface area contributed by atoms with Crippen LogP contribution < -0.4 is 0 Å². The Labute approximate surface area is 114 Å². The number of hydrogen-bond acceptors (Lipinski definition) is 5. The van der Waals surface area contributed by atoms with Gasteiger partial charge in [0.2, 0.25) is 0 Å². The van der Waals surface area contributed by atoms with E-state index in [1.807, 2.05) is 0 Å². The quantitative estimate of drug-likeness (QED) is 0.205. The van der Waals surface area contributed by atoms with Crippen LogP contribution >= 0.6 is 0 Å². The Morgan fingerprint density at radius 1 is 0.737 bits per heavy atom. The maximum Gasteiger partial charge on any atom is 0.264 e. The van der Waals surface area contributed by atoms with Crippen LogP contribution in [0.3, 0.4) is 0 Å². The molecule has 0 atom stereocenters. The van der Waals surface area contributed by atoms with E-state index in [1.165, 1.54) is 0 Å². The Morgan fingerprint density at radius 2 is 1.21 bits per heavy atom. The first-order valence-electron chi connectivity index (χ1n) is 6.52. The lowest BCUT2D eigenvalue weighted by molar-refractivity contribution is -0.929. The van der Waals surface area contributed by atoms with Crippen molar-refractivity contribution in [3.8, 4) is 0 Å². The summed E-state index contributed by atoms with van der Waals surface area (Å²) in [7, 11) is -3.90. The molecule has 0 aliphatic carbocycles. The van der Waals surface area contributed by atoms with E-state index in [0.717, 1.165) is 6.42 Å². The summed E-state index contributed by atoms with van der Waals surface area (Å²) in [4.78, 5) is 0. The van der Waals surface area contributed by atoms with Crippen molar-refractivity contribution in [3.63, 3.8) is 0 Å². The van der Waals surface area contributed by atoms with E-state index in [2.05, 4.69) is 0 Å². The minimum absolute atomic E-state index is 0.0228. The molecule has 0 unspecified atom stereocenters. The van der Waals surface area contributed by atoms with Crippen LogP contribution in [0, 0.1) is 0 Å². The maximum atomic E-state index is 10.6. The van der Waals surface area contributed by atoms with E-state index < -0.39 is 10.1 Å². The lowest BCUT2D eigenvalue weighted by Crippen LogP contribution is -2.53. The summed E-state index contributed by atoms with van der Waals surface area (Å²) in [6.07, 6.45) is 1.74. The van der Waals surface area contributed by atoms with Crippen LogP contribution in [0.2, 0.25) is 0 Å². The van der Waals surface area contributed by atoms with Crippen molar-refractivity contribution < 1.29 is 32.8 Å². The zero-order valence-electron chi connectivity index (χ0n) is 11.2. The molecule has 116 valence electrons. The van der Waals surface area contributed by atoms with Crippen LogP contribution in [-0.4, -0.2) is 84.5 Å². The lowest BCUT2D eigenvalue weighted by atomic mass is 10.2. The van der Waals surface area contributed by atoms with Gasteiger partial charge < -0.3 is 19.8 Å². The molecule has 0 radical (unpaired) electrons. The van der Waals surface area contributed by atoms with E-state index in [9.17, 15) is 8.42 Å². The van der Waals surface area contributed by atoms with Gasteiger partial charge in [0, 0.05) is 0 Å². The fourth-order valence-corrected chi connectivity index (χ4v) is 2.78. The zero-order chi connectivity index (χ0) is 14.8. The minimum atomic E-state index is -3.90. The average Bonchev–Trinajstić information content (AvgIpc) is 2.28. The number of hydrogen-bond donors (Lipinski definition) is 4. The van der Waals surface area contributed by atoms with E-state index in [0.29, 0.717) is 43.5 Å². The van der Waals surface area contributed by atoms with Crippen molar-refractivity contribution in [1.29, 1.82) is 0 Å². The molecule has 0 aliphatic rings. The topological polar surface area (TPSA) is 115 Å². The van der Waals surface area contributed by atoms with Gasteiger partial charge in [-0.3, -0.25) is 4.55 Å². The summed E-state index contributed by atoms with van der Waals surface area (Å²) >= 11 is 0. The second kappa shape index (κ2) is 9.62. The van der Waals surface area contributed by atoms with Crippen LogP contribution in [0.25, 0.3) is 0 Å². The van der Waals surface area contributed by atoms with Gasteiger partial charge in [0.15, 0.2) is 0 Å². The molecule has 0 saturated carbocycles. The SMILES string of the molecule is O=S(=O)(O)CCCCC[N+](CCO)(CCO)CCO. The van der Waals surface area contributed by atoms with Gasteiger partial charge in [0.1, 0.15) is 19.6 Å². The first kappa shape index (κ1) is 18.8. The highest BCUT2D eigenvalue weighted by Gasteiger charge is 2.25. The van der Waals surface area contributed by atoms with Gasteiger partial charge in [-0.1, -0.05) is 0 Å². The summed E-state index contributed by atoms with van der Waals surface area (Å²) < 4.78 is 30.1. The summed E-state index contributed by atoms with van der Waals surface area (Å²) in [6, 6.07) is 0. The molecule has 0 aromatic rings. The molecule has 19 heavy (non-hydrogen) atoms. The summed E-state index contributed by atoms with van der Waals surface area (Å²) in [5.74, 6) is -0.243. The summed E-state index contributed by atoms with van der Waals surface area (Å²) in [5.41, 5.74) is 0. The van der Waals surface area contributed by atoms with Crippen molar-refractivity contribution in [2.45, 2.75) is 19.3 Å². The molecule has 8 heteroatoms. The third-order valence-electron chi connectivity index (χ3n) is 3.26. The molecule has 7 nitrogen and oxygen atoms in total. The van der Waals surface area contributed by atoms with Crippen molar-refractivity contribution >= 4 is 10.1 Å².